The number of aromatic hydroxyl groups is 1. The van der Waals surface area contributed by atoms with Crippen LogP contribution in [0.25, 0.3) is 22.3 Å². The molecule has 36 heavy (non-hydrogen) atoms. The molecule has 1 aliphatic carbocycles. The summed E-state index contributed by atoms with van der Waals surface area (Å²) >= 11 is 1.34. The first-order chi connectivity index (χ1) is 17.5. The summed E-state index contributed by atoms with van der Waals surface area (Å²) in [7, 11) is 0. The molecular formula is C24H20N8O3S. The summed E-state index contributed by atoms with van der Waals surface area (Å²) in [6, 6.07) is 9.46. The van der Waals surface area contributed by atoms with Crippen LogP contribution in [0.3, 0.4) is 0 Å². The summed E-state index contributed by atoms with van der Waals surface area (Å²) < 4.78 is 1.64. The standard InChI is InChI=1S/C24H20N8O3S/c33-22-17(30-24(35)31-22)9-14-12-27-32-20(28-15-1-2-15)10-16(29-21(14)32)18-3-4-19(36-18)23(34)26-11-13-5-7-25-8-6-13/h3-10,12,15,33H,1-2,11H2,(H,26,34)(H2,30,31,35)/b14-9-,28-20?. The van der Waals surface area contributed by atoms with E-state index in [0.29, 0.717) is 33.5 Å². The van der Waals surface area contributed by atoms with E-state index in [-0.39, 0.29) is 23.5 Å². The lowest BCUT2D eigenvalue weighted by Gasteiger charge is -2.03. The monoisotopic (exact) mass is 500 g/mol. The molecule has 0 spiro atoms. The molecule has 11 nitrogen and oxygen atoms in total. The number of carbonyl (C=O) groups excluding carboxylic acids is 1. The quantitative estimate of drug-likeness (QED) is 0.274. The van der Waals surface area contributed by atoms with Crippen LogP contribution in [0.15, 0.2) is 58.7 Å². The number of H-pyrrole nitrogens is 2. The molecular weight excluding hydrogens is 480 g/mol. The summed E-state index contributed by atoms with van der Waals surface area (Å²) in [6.07, 6.45) is 8.63. The molecule has 6 rings (SSSR count). The summed E-state index contributed by atoms with van der Waals surface area (Å²) in [6.45, 7) is 0.409. The molecule has 1 fully saturated rings. The minimum absolute atomic E-state index is 0.169. The third-order valence-electron chi connectivity index (χ3n) is 5.66. The van der Waals surface area contributed by atoms with E-state index in [0.717, 1.165) is 23.3 Å². The number of hydrogen-bond donors (Lipinski definition) is 4. The van der Waals surface area contributed by atoms with E-state index in [1.165, 1.54) is 11.3 Å². The highest BCUT2D eigenvalue weighted by atomic mass is 32.1. The maximum Gasteiger partial charge on any atom is 0.326 e. The zero-order valence-electron chi connectivity index (χ0n) is 18.8. The second-order valence-electron chi connectivity index (χ2n) is 8.38. The molecule has 12 heteroatoms. The fourth-order valence-corrected chi connectivity index (χ4v) is 4.57. The van der Waals surface area contributed by atoms with Crippen LogP contribution in [0, 0.1) is 0 Å². The molecule has 0 aromatic carbocycles. The number of hydrogen-bond acceptors (Lipinski definition) is 8. The predicted molar refractivity (Wildman–Crippen MR) is 132 cm³/mol. The van der Waals surface area contributed by atoms with Crippen molar-refractivity contribution in [3.8, 4) is 16.5 Å². The van der Waals surface area contributed by atoms with Gasteiger partial charge >= 0.3 is 5.69 Å². The van der Waals surface area contributed by atoms with Gasteiger partial charge in [-0.15, -0.1) is 11.3 Å². The molecule has 0 bridgehead atoms. The van der Waals surface area contributed by atoms with E-state index in [4.69, 9.17) is 9.98 Å². The van der Waals surface area contributed by atoms with Crippen LogP contribution in [0.2, 0.25) is 0 Å². The summed E-state index contributed by atoms with van der Waals surface area (Å²) in [5, 5.41) is 17.9. The van der Waals surface area contributed by atoms with Gasteiger partial charge in [-0.25, -0.2) is 9.78 Å². The highest BCUT2D eigenvalue weighted by Crippen LogP contribution is 2.27. The summed E-state index contributed by atoms with van der Waals surface area (Å²) in [5.74, 6) is -0.434. The van der Waals surface area contributed by atoms with Crippen molar-refractivity contribution in [3.63, 3.8) is 0 Å². The van der Waals surface area contributed by atoms with Crippen LogP contribution in [0.4, 0.5) is 0 Å². The van der Waals surface area contributed by atoms with Gasteiger partial charge in [0, 0.05) is 30.2 Å². The first kappa shape index (κ1) is 21.9. The number of aromatic nitrogens is 6. The predicted octanol–water partition coefficient (Wildman–Crippen LogP) is 1.12. The smallest absolute Gasteiger partial charge is 0.326 e. The van der Waals surface area contributed by atoms with Crippen molar-refractivity contribution < 1.29 is 9.90 Å². The summed E-state index contributed by atoms with van der Waals surface area (Å²) in [4.78, 5) is 44.0. The number of nitrogens with zero attached hydrogens (tertiary/aromatic N) is 5. The lowest BCUT2D eigenvalue weighted by atomic mass is 10.2. The van der Waals surface area contributed by atoms with Crippen molar-refractivity contribution in [2.24, 2.45) is 4.99 Å². The number of nitrogens with one attached hydrogen (secondary N) is 3. The second kappa shape index (κ2) is 8.89. The molecule has 1 saturated carbocycles. The van der Waals surface area contributed by atoms with Crippen molar-refractivity contribution in [2.45, 2.75) is 25.4 Å². The minimum atomic E-state index is -0.512. The minimum Gasteiger partial charge on any atom is -0.493 e. The molecule has 1 amide bonds. The average molecular weight is 501 g/mol. The molecule has 1 aliphatic rings. The number of pyridine rings is 1. The zero-order chi connectivity index (χ0) is 24.6. The SMILES string of the molecule is O=C(NCc1ccncc1)c1ccc(-c2cc(=NC3CC3)n3nc/c(=C/c4[nH]c(=O)[nH]c4O)c3n2)s1. The Hall–Kier alpha value is -4.58. The van der Waals surface area contributed by atoms with Gasteiger partial charge in [-0.05, 0) is 48.7 Å². The number of amides is 1. The van der Waals surface area contributed by atoms with Gasteiger partial charge in [-0.1, -0.05) is 0 Å². The van der Waals surface area contributed by atoms with Gasteiger partial charge in [-0.2, -0.15) is 9.61 Å². The van der Waals surface area contributed by atoms with Gasteiger partial charge in [0.05, 0.1) is 27.7 Å². The largest absolute Gasteiger partial charge is 0.493 e. The molecule has 0 unspecified atom stereocenters. The fraction of sp³-hybridized carbons (Fsp3) is 0.167. The third kappa shape index (κ3) is 4.41. The maximum atomic E-state index is 12.7. The Balaban J connectivity index is 1.38. The van der Waals surface area contributed by atoms with Crippen LogP contribution < -0.4 is 21.7 Å². The Morgan fingerprint density at radius 3 is 2.83 bits per heavy atom. The molecule has 5 aromatic rings. The maximum absolute atomic E-state index is 12.7. The molecule has 5 heterocycles. The zero-order valence-corrected chi connectivity index (χ0v) is 19.6. The van der Waals surface area contributed by atoms with E-state index in [1.807, 2.05) is 24.3 Å². The molecule has 0 radical (unpaired) electrons. The lowest BCUT2D eigenvalue weighted by Crippen LogP contribution is -2.21. The highest BCUT2D eigenvalue weighted by molar-refractivity contribution is 7.17. The Morgan fingerprint density at radius 2 is 2.08 bits per heavy atom. The van der Waals surface area contributed by atoms with E-state index < -0.39 is 5.69 Å². The van der Waals surface area contributed by atoms with Gasteiger partial charge in [0.1, 0.15) is 5.69 Å². The molecule has 5 aromatic heterocycles. The van der Waals surface area contributed by atoms with Crippen LogP contribution in [0.5, 0.6) is 5.88 Å². The fourth-order valence-electron chi connectivity index (χ4n) is 3.69. The Bertz CT molecular complexity index is 1760. The van der Waals surface area contributed by atoms with Gasteiger partial charge in [-0.3, -0.25) is 19.8 Å². The van der Waals surface area contributed by atoms with E-state index in [2.05, 4.69) is 25.4 Å². The van der Waals surface area contributed by atoms with Gasteiger partial charge in [0.2, 0.25) is 5.88 Å². The van der Waals surface area contributed by atoms with Crippen molar-refractivity contribution >= 4 is 29.0 Å². The van der Waals surface area contributed by atoms with Gasteiger partial charge in [0.15, 0.2) is 11.1 Å². The molecule has 0 saturated heterocycles. The number of thiophene rings is 1. The Morgan fingerprint density at radius 1 is 1.25 bits per heavy atom. The van der Waals surface area contributed by atoms with E-state index in [1.54, 1.807) is 35.2 Å². The molecule has 4 N–H and O–H groups in total. The normalized spacial score (nSPS) is 14.6. The Kier molecular flexibility index (Phi) is 5.41. The number of aromatic amines is 2. The van der Waals surface area contributed by atoms with Gasteiger partial charge < -0.3 is 15.4 Å². The van der Waals surface area contributed by atoms with Crippen LogP contribution >= 0.6 is 11.3 Å². The summed E-state index contributed by atoms with van der Waals surface area (Å²) in [5.41, 5.74) is 2.51. The molecule has 0 aliphatic heterocycles. The lowest BCUT2D eigenvalue weighted by molar-refractivity contribution is 0.0955. The van der Waals surface area contributed by atoms with Crippen LogP contribution in [-0.2, 0) is 6.54 Å². The van der Waals surface area contributed by atoms with Crippen molar-refractivity contribution in [2.75, 3.05) is 0 Å². The number of carbonyl (C=O) groups is 1. The second-order valence-corrected chi connectivity index (χ2v) is 9.47. The topological polar surface area (TPSA) is 153 Å². The number of rotatable bonds is 6. The van der Waals surface area contributed by atoms with Crippen LogP contribution in [-0.4, -0.2) is 46.6 Å². The van der Waals surface area contributed by atoms with Crippen molar-refractivity contribution in [1.82, 2.24) is 34.9 Å². The molecule has 0 atom stereocenters. The van der Waals surface area contributed by atoms with Crippen molar-refractivity contribution in [3.05, 3.63) is 86.2 Å². The number of fused-ring (bicyclic) bond motifs is 1. The van der Waals surface area contributed by atoms with E-state index >= 15 is 0 Å². The first-order valence-electron chi connectivity index (χ1n) is 11.3. The number of imidazole rings is 1. The first-order valence-corrected chi connectivity index (χ1v) is 12.1. The molecule has 180 valence electrons. The Labute approximate surface area is 206 Å². The van der Waals surface area contributed by atoms with Crippen molar-refractivity contribution in [1.29, 1.82) is 0 Å². The highest BCUT2D eigenvalue weighted by Gasteiger charge is 2.21. The van der Waals surface area contributed by atoms with Crippen LogP contribution in [0.1, 0.15) is 33.8 Å². The van der Waals surface area contributed by atoms with E-state index in [9.17, 15) is 14.7 Å². The average Bonchev–Trinajstić information content (AvgIpc) is 3.25. The van der Waals surface area contributed by atoms with Gasteiger partial charge in [0.25, 0.3) is 5.91 Å². The third-order valence-corrected chi connectivity index (χ3v) is 6.77.